The zero-order valence-corrected chi connectivity index (χ0v) is 13.5. The molecule has 1 aliphatic heterocycles. The number of rotatable bonds is 5. The monoisotopic (exact) mass is 324 g/mol. The van der Waals surface area contributed by atoms with Gasteiger partial charge in [0.25, 0.3) is 5.91 Å². The van der Waals surface area contributed by atoms with Crippen molar-refractivity contribution in [1.29, 1.82) is 0 Å². The maximum absolute atomic E-state index is 12.2. The Morgan fingerprint density at radius 2 is 2.14 bits per heavy atom. The molecule has 1 aromatic carbocycles. The van der Waals surface area contributed by atoms with E-state index in [2.05, 4.69) is 10.6 Å². The van der Waals surface area contributed by atoms with Gasteiger partial charge in [-0.2, -0.15) is 0 Å². The number of hydrogen-bond acceptors (Lipinski definition) is 5. The lowest BCUT2D eigenvalue weighted by atomic mass is 10.2. The zero-order chi connectivity index (χ0) is 15.9. The fraction of sp³-hybridized carbons (Fsp3) is 0.467. The lowest BCUT2D eigenvalue weighted by Gasteiger charge is -2.14. The lowest BCUT2D eigenvalue weighted by molar-refractivity contribution is 0.0972. The molecule has 1 fully saturated rings. The van der Waals surface area contributed by atoms with Crippen molar-refractivity contribution in [3.8, 4) is 11.5 Å². The van der Waals surface area contributed by atoms with Crippen LogP contribution in [-0.2, 0) is 4.74 Å². The number of thiocarbonyl (C=S) groups is 1. The fourth-order valence-corrected chi connectivity index (χ4v) is 2.38. The molecule has 0 bridgehead atoms. The van der Waals surface area contributed by atoms with Crippen LogP contribution in [0.15, 0.2) is 18.2 Å². The van der Waals surface area contributed by atoms with Crippen LogP contribution in [0.4, 0.5) is 0 Å². The van der Waals surface area contributed by atoms with Crippen molar-refractivity contribution in [3.63, 3.8) is 0 Å². The number of carbonyl (C=O) groups excluding carboxylic acids is 1. The van der Waals surface area contributed by atoms with Crippen LogP contribution in [0, 0.1) is 0 Å². The normalized spacial score (nSPS) is 16.9. The standard InChI is InChI=1S/C15H20N2O4S/c1-19-12-6-5-10(8-13(12)20-2)14(18)17-15(22)16-9-11-4-3-7-21-11/h5-6,8,11H,3-4,7,9H2,1-2H3,(H2,16,17,18,22)/t11-/m1/s1. The van der Waals surface area contributed by atoms with Crippen LogP contribution in [0.3, 0.4) is 0 Å². The summed E-state index contributed by atoms with van der Waals surface area (Å²) in [6.45, 7) is 1.39. The average molecular weight is 324 g/mol. The van der Waals surface area contributed by atoms with Gasteiger partial charge in [-0.1, -0.05) is 0 Å². The fourth-order valence-electron chi connectivity index (χ4n) is 2.21. The molecule has 0 aromatic heterocycles. The van der Waals surface area contributed by atoms with Crippen LogP contribution in [-0.4, -0.2) is 44.5 Å². The van der Waals surface area contributed by atoms with Crippen LogP contribution in [0.5, 0.6) is 11.5 Å². The predicted molar refractivity (Wildman–Crippen MR) is 86.6 cm³/mol. The average Bonchev–Trinajstić information content (AvgIpc) is 3.05. The van der Waals surface area contributed by atoms with Crippen molar-refractivity contribution < 1.29 is 19.0 Å². The molecule has 0 spiro atoms. The van der Waals surface area contributed by atoms with Gasteiger partial charge in [0.05, 0.1) is 20.3 Å². The maximum atomic E-state index is 12.2. The maximum Gasteiger partial charge on any atom is 0.257 e. The molecule has 2 rings (SSSR count). The Balaban J connectivity index is 1.89. The van der Waals surface area contributed by atoms with Crippen LogP contribution < -0.4 is 20.1 Å². The van der Waals surface area contributed by atoms with E-state index < -0.39 is 0 Å². The summed E-state index contributed by atoms with van der Waals surface area (Å²) in [6, 6.07) is 4.94. The highest BCUT2D eigenvalue weighted by molar-refractivity contribution is 7.80. The molecule has 1 amide bonds. The van der Waals surface area contributed by atoms with E-state index in [1.807, 2.05) is 0 Å². The van der Waals surface area contributed by atoms with E-state index in [0.29, 0.717) is 23.6 Å². The molecule has 0 aliphatic carbocycles. The first kappa shape index (κ1) is 16.5. The van der Waals surface area contributed by atoms with E-state index in [0.717, 1.165) is 19.4 Å². The topological polar surface area (TPSA) is 68.8 Å². The van der Waals surface area contributed by atoms with Gasteiger partial charge in [0.15, 0.2) is 16.6 Å². The van der Waals surface area contributed by atoms with Gasteiger partial charge in [-0.05, 0) is 43.3 Å². The minimum absolute atomic E-state index is 0.163. The van der Waals surface area contributed by atoms with E-state index >= 15 is 0 Å². The molecule has 6 nitrogen and oxygen atoms in total. The highest BCUT2D eigenvalue weighted by atomic mass is 32.1. The molecule has 0 unspecified atom stereocenters. The SMILES string of the molecule is COc1ccc(C(=O)NC(=S)NC[C@H]2CCCO2)cc1OC. The van der Waals surface area contributed by atoms with Crippen molar-refractivity contribution in [2.45, 2.75) is 18.9 Å². The number of carbonyl (C=O) groups is 1. The molecule has 7 heteroatoms. The number of amides is 1. The van der Waals surface area contributed by atoms with Crippen molar-refractivity contribution in [1.82, 2.24) is 10.6 Å². The molecule has 2 N–H and O–H groups in total. The Kier molecular flexibility index (Phi) is 5.97. The number of benzene rings is 1. The summed E-state index contributed by atoms with van der Waals surface area (Å²) in [6.07, 6.45) is 2.24. The summed E-state index contributed by atoms with van der Waals surface area (Å²) in [7, 11) is 3.06. The summed E-state index contributed by atoms with van der Waals surface area (Å²) in [5.41, 5.74) is 0.443. The molecule has 1 aromatic rings. The summed E-state index contributed by atoms with van der Waals surface area (Å²) < 4.78 is 15.8. The number of hydrogen-bond donors (Lipinski definition) is 2. The van der Waals surface area contributed by atoms with E-state index in [1.54, 1.807) is 25.3 Å². The van der Waals surface area contributed by atoms with E-state index in [1.165, 1.54) is 7.11 Å². The molecule has 1 heterocycles. The first-order valence-corrected chi connectivity index (χ1v) is 7.47. The van der Waals surface area contributed by atoms with Crippen LogP contribution in [0.2, 0.25) is 0 Å². The molecule has 120 valence electrons. The van der Waals surface area contributed by atoms with Crippen molar-refractivity contribution >= 4 is 23.2 Å². The zero-order valence-electron chi connectivity index (χ0n) is 12.7. The van der Waals surface area contributed by atoms with Gasteiger partial charge in [0, 0.05) is 18.7 Å². The summed E-state index contributed by atoms with van der Waals surface area (Å²) in [5.74, 6) is 0.761. The molecule has 1 saturated heterocycles. The smallest absolute Gasteiger partial charge is 0.257 e. The van der Waals surface area contributed by atoms with E-state index in [9.17, 15) is 4.79 Å². The Morgan fingerprint density at radius 1 is 1.36 bits per heavy atom. The number of nitrogens with one attached hydrogen (secondary N) is 2. The van der Waals surface area contributed by atoms with Gasteiger partial charge >= 0.3 is 0 Å². The molecule has 22 heavy (non-hydrogen) atoms. The van der Waals surface area contributed by atoms with Crippen LogP contribution in [0.1, 0.15) is 23.2 Å². The Morgan fingerprint density at radius 3 is 2.77 bits per heavy atom. The molecule has 1 atom stereocenters. The van der Waals surface area contributed by atoms with Gasteiger partial charge in [0.2, 0.25) is 0 Å². The second kappa shape index (κ2) is 7.95. The molecule has 1 aliphatic rings. The molecule has 0 radical (unpaired) electrons. The summed E-state index contributed by atoms with van der Waals surface area (Å²) >= 11 is 5.12. The van der Waals surface area contributed by atoms with Gasteiger partial charge in [-0.3, -0.25) is 10.1 Å². The summed E-state index contributed by atoms with van der Waals surface area (Å²) in [5, 5.41) is 5.92. The highest BCUT2D eigenvalue weighted by Gasteiger charge is 2.16. The van der Waals surface area contributed by atoms with Gasteiger partial charge in [0.1, 0.15) is 0 Å². The quantitative estimate of drug-likeness (QED) is 0.800. The second-order valence-electron chi connectivity index (χ2n) is 4.87. The lowest BCUT2D eigenvalue weighted by Crippen LogP contribution is -2.42. The predicted octanol–water partition coefficient (Wildman–Crippen LogP) is 1.49. The van der Waals surface area contributed by atoms with Crippen LogP contribution in [0.25, 0.3) is 0 Å². The second-order valence-corrected chi connectivity index (χ2v) is 5.28. The van der Waals surface area contributed by atoms with E-state index in [4.69, 9.17) is 26.4 Å². The first-order chi connectivity index (χ1) is 10.6. The summed E-state index contributed by atoms with van der Waals surface area (Å²) in [4.78, 5) is 12.2. The Labute approximate surface area is 135 Å². The first-order valence-electron chi connectivity index (χ1n) is 7.07. The Hall–Kier alpha value is -1.86. The Bertz CT molecular complexity index is 544. The molecular weight excluding hydrogens is 304 g/mol. The van der Waals surface area contributed by atoms with Gasteiger partial charge in [-0.15, -0.1) is 0 Å². The number of ether oxygens (including phenoxy) is 3. The number of methoxy groups -OCH3 is 2. The van der Waals surface area contributed by atoms with E-state index in [-0.39, 0.29) is 17.1 Å². The van der Waals surface area contributed by atoms with Crippen LogP contribution >= 0.6 is 12.2 Å². The molecular formula is C15H20N2O4S. The third-order valence-corrected chi connectivity index (χ3v) is 3.63. The highest BCUT2D eigenvalue weighted by Crippen LogP contribution is 2.27. The third kappa shape index (κ3) is 4.32. The molecule has 0 saturated carbocycles. The minimum atomic E-state index is -0.300. The largest absolute Gasteiger partial charge is 0.493 e. The van der Waals surface area contributed by atoms with Crippen molar-refractivity contribution in [3.05, 3.63) is 23.8 Å². The van der Waals surface area contributed by atoms with Crippen molar-refractivity contribution in [2.75, 3.05) is 27.4 Å². The van der Waals surface area contributed by atoms with Crippen molar-refractivity contribution in [2.24, 2.45) is 0 Å². The third-order valence-electron chi connectivity index (χ3n) is 3.39. The minimum Gasteiger partial charge on any atom is -0.493 e. The van der Waals surface area contributed by atoms with Gasteiger partial charge in [-0.25, -0.2) is 0 Å². The van der Waals surface area contributed by atoms with Gasteiger partial charge < -0.3 is 19.5 Å².